The summed E-state index contributed by atoms with van der Waals surface area (Å²) in [7, 11) is 0. The molecule has 0 aliphatic heterocycles. The van der Waals surface area contributed by atoms with Gasteiger partial charge in [0.25, 0.3) is 0 Å². The molecule has 1 heterocycles. The van der Waals surface area contributed by atoms with Crippen molar-refractivity contribution in [3.8, 4) is 5.69 Å². The number of ether oxygens (including phenoxy) is 1. The van der Waals surface area contributed by atoms with E-state index >= 15 is 0 Å². The predicted octanol–water partition coefficient (Wildman–Crippen LogP) is 2.64. The van der Waals surface area contributed by atoms with Gasteiger partial charge in [-0.05, 0) is 32.9 Å². The van der Waals surface area contributed by atoms with E-state index in [4.69, 9.17) is 4.74 Å². The summed E-state index contributed by atoms with van der Waals surface area (Å²) in [4.78, 5) is 23.0. The number of alkyl carbamates (subject to hydrolysis) is 1. The Hall–Kier alpha value is -2.63. The van der Waals surface area contributed by atoms with Crippen LogP contribution in [0, 0.1) is 0 Å². The molecule has 1 unspecified atom stereocenters. The third-order valence-corrected chi connectivity index (χ3v) is 2.79. The van der Waals surface area contributed by atoms with Crippen molar-refractivity contribution in [2.75, 3.05) is 0 Å². The summed E-state index contributed by atoms with van der Waals surface area (Å²) in [5.41, 5.74) is 0.839. The first kappa shape index (κ1) is 15.8. The van der Waals surface area contributed by atoms with E-state index in [1.54, 1.807) is 37.8 Å². The summed E-state index contributed by atoms with van der Waals surface area (Å²) in [5.74, 6) is 0. The van der Waals surface area contributed by atoms with Crippen molar-refractivity contribution in [1.29, 1.82) is 0 Å². The molecular formula is C16H19N3O3. The summed E-state index contributed by atoms with van der Waals surface area (Å²) in [6, 6.07) is 8.70. The first-order chi connectivity index (χ1) is 10.4. The number of aromatic nitrogens is 2. The smallest absolute Gasteiger partial charge is 0.408 e. The predicted molar refractivity (Wildman–Crippen MR) is 81.7 cm³/mol. The highest BCUT2D eigenvalue weighted by Crippen LogP contribution is 2.14. The van der Waals surface area contributed by atoms with Crippen LogP contribution in [0.2, 0.25) is 0 Å². The summed E-state index contributed by atoms with van der Waals surface area (Å²) in [6.45, 7) is 5.28. The molecule has 0 fully saturated rings. The highest BCUT2D eigenvalue weighted by atomic mass is 16.6. The number of carbonyl (C=O) groups is 2. The molecule has 1 aromatic carbocycles. The monoisotopic (exact) mass is 301 g/mol. The minimum absolute atomic E-state index is 0.588. The summed E-state index contributed by atoms with van der Waals surface area (Å²) in [6.07, 6.45) is 3.25. The lowest BCUT2D eigenvalue weighted by molar-refractivity contribution is -0.109. The lowest BCUT2D eigenvalue weighted by Gasteiger charge is -2.21. The molecule has 2 aromatic rings. The van der Waals surface area contributed by atoms with Gasteiger partial charge in [-0.25, -0.2) is 9.48 Å². The fraction of sp³-hybridized carbons (Fsp3) is 0.312. The SMILES string of the molecule is CC(C)(C)OC(=O)NC(C=O)c1cnn(-c2ccccc2)c1. The molecule has 116 valence electrons. The quantitative estimate of drug-likeness (QED) is 0.881. The maximum Gasteiger partial charge on any atom is 0.408 e. The van der Waals surface area contributed by atoms with Crippen LogP contribution in [0.4, 0.5) is 4.79 Å². The molecule has 0 saturated heterocycles. The summed E-state index contributed by atoms with van der Waals surface area (Å²) < 4.78 is 6.79. The average molecular weight is 301 g/mol. The minimum atomic E-state index is -0.799. The van der Waals surface area contributed by atoms with Crippen LogP contribution in [0.15, 0.2) is 42.7 Å². The molecule has 22 heavy (non-hydrogen) atoms. The van der Waals surface area contributed by atoms with Crippen molar-refractivity contribution >= 4 is 12.4 Å². The van der Waals surface area contributed by atoms with Gasteiger partial charge in [-0.3, -0.25) is 0 Å². The van der Waals surface area contributed by atoms with Crippen LogP contribution >= 0.6 is 0 Å². The highest BCUT2D eigenvalue weighted by molar-refractivity contribution is 5.74. The molecule has 0 radical (unpaired) electrons. The van der Waals surface area contributed by atoms with Crippen LogP contribution in [0.25, 0.3) is 5.69 Å². The Morgan fingerprint density at radius 1 is 1.32 bits per heavy atom. The van der Waals surface area contributed by atoms with E-state index in [0.717, 1.165) is 5.69 Å². The van der Waals surface area contributed by atoms with Crippen molar-refractivity contribution < 1.29 is 14.3 Å². The van der Waals surface area contributed by atoms with E-state index in [-0.39, 0.29) is 0 Å². The molecule has 1 amide bonds. The molecule has 0 aliphatic rings. The van der Waals surface area contributed by atoms with Crippen LogP contribution < -0.4 is 5.32 Å². The number of hydrogen-bond donors (Lipinski definition) is 1. The fourth-order valence-corrected chi connectivity index (χ4v) is 1.85. The topological polar surface area (TPSA) is 73.2 Å². The molecule has 0 saturated carbocycles. The van der Waals surface area contributed by atoms with Gasteiger partial charge in [0, 0.05) is 11.8 Å². The van der Waals surface area contributed by atoms with Gasteiger partial charge in [-0.2, -0.15) is 5.10 Å². The number of rotatable bonds is 4. The second kappa shape index (κ2) is 6.43. The number of nitrogens with one attached hydrogen (secondary N) is 1. The zero-order valence-corrected chi connectivity index (χ0v) is 12.8. The van der Waals surface area contributed by atoms with Crippen molar-refractivity contribution in [3.05, 3.63) is 48.3 Å². The first-order valence-electron chi connectivity index (χ1n) is 6.94. The zero-order chi connectivity index (χ0) is 16.2. The number of amides is 1. The summed E-state index contributed by atoms with van der Waals surface area (Å²) in [5, 5.41) is 6.72. The van der Waals surface area contributed by atoms with Crippen molar-refractivity contribution in [3.63, 3.8) is 0 Å². The van der Waals surface area contributed by atoms with Gasteiger partial charge in [-0.1, -0.05) is 18.2 Å². The number of nitrogens with zero attached hydrogens (tertiary/aromatic N) is 2. The van der Waals surface area contributed by atoms with E-state index in [1.807, 2.05) is 30.3 Å². The van der Waals surface area contributed by atoms with Gasteiger partial charge in [0.1, 0.15) is 17.9 Å². The molecule has 0 aliphatic carbocycles. The molecule has 0 bridgehead atoms. The van der Waals surface area contributed by atoms with Gasteiger partial charge in [0.15, 0.2) is 0 Å². The van der Waals surface area contributed by atoms with Crippen molar-refractivity contribution in [1.82, 2.24) is 15.1 Å². The van der Waals surface area contributed by atoms with Crippen LogP contribution in [0.1, 0.15) is 32.4 Å². The van der Waals surface area contributed by atoms with Gasteiger partial charge in [-0.15, -0.1) is 0 Å². The van der Waals surface area contributed by atoms with Crippen molar-refractivity contribution in [2.24, 2.45) is 0 Å². The van der Waals surface area contributed by atoms with E-state index in [2.05, 4.69) is 10.4 Å². The van der Waals surface area contributed by atoms with Crippen LogP contribution in [-0.4, -0.2) is 27.8 Å². The Labute approximate surface area is 129 Å². The van der Waals surface area contributed by atoms with Crippen molar-refractivity contribution in [2.45, 2.75) is 32.4 Å². The van der Waals surface area contributed by atoms with Gasteiger partial charge in [0.2, 0.25) is 0 Å². The summed E-state index contributed by atoms with van der Waals surface area (Å²) >= 11 is 0. The molecular weight excluding hydrogens is 282 g/mol. The Morgan fingerprint density at radius 2 is 2.00 bits per heavy atom. The second-order valence-corrected chi connectivity index (χ2v) is 5.81. The largest absolute Gasteiger partial charge is 0.444 e. The van der Waals surface area contributed by atoms with Crippen LogP contribution in [0.3, 0.4) is 0 Å². The molecule has 1 N–H and O–H groups in total. The third-order valence-electron chi connectivity index (χ3n) is 2.79. The molecule has 6 heteroatoms. The van der Waals surface area contributed by atoms with Crippen LogP contribution in [0.5, 0.6) is 0 Å². The molecule has 1 aromatic heterocycles. The molecule has 2 rings (SSSR count). The number of para-hydroxylation sites is 1. The third kappa shape index (κ3) is 4.18. The first-order valence-corrected chi connectivity index (χ1v) is 6.94. The van der Waals surface area contributed by atoms with Gasteiger partial charge >= 0.3 is 6.09 Å². The maximum atomic E-state index is 11.8. The Morgan fingerprint density at radius 3 is 2.59 bits per heavy atom. The number of hydrogen-bond acceptors (Lipinski definition) is 4. The minimum Gasteiger partial charge on any atom is -0.444 e. The van der Waals surface area contributed by atoms with E-state index < -0.39 is 17.7 Å². The molecule has 0 spiro atoms. The van der Waals surface area contributed by atoms with E-state index in [1.165, 1.54) is 0 Å². The lowest BCUT2D eigenvalue weighted by atomic mass is 10.2. The lowest BCUT2D eigenvalue weighted by Crippen LogP contribution is -2.35. The van der Waals surface area contributed by atoms with Crippen LogP contribution in [-0.2, 0) is 9.53 Å². The number of benzene rings is 1. The Bertz CT molecular complexity index is 644. The van der Waals surface area contributed by atoms with Gasteiger partial charge in [0.05, 0.1) is 11.9 Å². The standard InChI is InChI=1S/C16H19N3O3/c1-16(2,3)22-15(21)18-14(11-20)12-9-17-19(10-12)13-7-5-4-6-8-13/h4-11,14H,1-3H3,(H,18,21). The number of aldehydes is 1. The number of carbonyl (C=O) groups excluding carboxylic acids is 2. The average Bonchev–Trinajstić information content (AvgIpc) is 2.93. The van der Waals surface area contributed by atoms with E-state index in [0.29, 0.717) is 11.8 Å². The molecule has 6 nitrogen and oxygen atoms in total. The highest BCUT2D eigenvalue weighted by Gasteiger charge is 2.21. The van der Waals surface area contributed by atoms with Gasteiger partial charge < -0.3 is 14.8 Å². The molecule has 1 atom stereocenters. The normalized spacial score (nSPS) is 12.5. The second-order valence-electron chi connectivity index (χ2n) is 5.81. The Balaban J connectivity index is 2.11. The van der Waals surface area contributed by atoms with E-state index in [9.17, 15) is 9.59 Å². The zero-order valence-electron chi connectivity index (χ0n) is 12.8. The Kier molecular flexibility index (Phi) is 4.60. The fourth-order valence-electron chi connectivity index (χ4n) is 1.85. The maximum absolute atomic E-state index is 11.8.